The summed E-state index contributed by atoms with van der Waals surface area (Å²) in [5.41, 5.74) is 4.55. The van der Waals surface area contributed by atoms with Gasteiger partial charge in [-0.3, -0.25) is 0 Å². The van der Waals surface area contributed by atoms with Gasteiger partial charge in [0, 0.05) is 0 Å². The number of oxazole rings is 1. The molecular formula is C10H14N2O5. The van der Waals surface area contributed by atoms with Crippen molar-refractivity contribution in [3.63, 3.8) is 0 Å². The molecule has 7 heteroatoms. The van der Waals surface area contributed by atoms with Crippen molar-refractivity contribution in [1.29, 1.82) is 0 Å². The molecule has 0 aliphatic rings. The van der Waals surface area contributed by atoms with Gasteiger partial charge in [0.2, 0.25) is 5.89 Å². The van der Waals surface area contributed by atoms with Crippen LogP contribution in [0.25, 0.3) is 0 Å². The number of carboxylic acids is 1. The lowest BCUT2D eigenvalue weighted by Crippen LogP contribution is -2.31. The Labute approximate surface area is 97.6 Å². The van der Waals surface area contributed by atoms with Crippen LogP contribution in [0.5, 0.6) is 0 Å². The molecule has 0 bridgehead atoms. The number of carbonyl (C=O) groups excluding carboxylic acids is 1. The van der Waals surface area contributed by atoms with E-state index in [0.29, 0.717) is 0 Å². The number of hydrogen-bond donors (Lipinski definition) is 2. The van der Waals surface area contributed by atoms with Crippen molar-refractivity contribution in [2.24, 2.45) is 5.73 Å². The average molecular weight is 242 g/mol. The fourth-order valence-electron chi connectivity index (χ4n) is 0.995. The van der Waals surface area contributed by atoms with Crippen LogP contribution in [0, 0.1) is 0 Å². The van der Waals surface area contributed by atoms with Crippen LogP contribution in [0.15, 0.2) is 10.7 Å². The fourth-order valence-corrected chi connectivity index (χ4v) is 0.995. The molecule has 0 radical (unpaired) electrons. The molecule has 0 spiro atoms. The van der Waals surface area contributed by atoms with E-state index in [-0.39, 0.29) is 11.6 Å². The zero-order valence-corrected chi connectivity index (χ0v) is 9.76. The molecule has 3 N–H and O–H groups in total. The third-order valence-electron chi connectivity index (χ3n) is 1.67. The van der Waals surface area contributed by atoms with Crippen molar-refractivity contribution >= 4 is 11.9 Å². The van der Waals surface area contributed by atoms with Gasteiger partial charge in [-0.05, 0) is 20.8 Å². The minimum atomic E-state index is -1.25. The molecule has 1 aromatic heterocycles. The van der Waals surface area contributed by atoms with Crippen LogP contribution in [0.4, 0.5) is 0 Å². The number of hydrogen-bond acceptors (Lipinski definition) is 6. The number of ether oxygens (including phenoxy) is 1. The van der Waals surface area contributed by atoms with E-state index in [1.54, 1.807) is 20.8 Å². The molecule has 0 aromatic carbocycles. The second-order valence-electron chi connectivity index (χ2n) is 4.39. The summed E-state index contributed by atoms with van der Waals surface area (Å²) in [7, 11) is 0. The van der Waals surface area contributed by atoms with Crippen molar-refractivity contribution in [3.8, 4) is 0 Å². The molecule has 0 aliphatic heterocycles. The van der Waals surface area contributed by atoms with Crippen molar-refractivity contribution in [1.82, 2.24) is 4.98 Å². The molecule has 0 aliphatic carbocycles. The Bertz CT molecular complexity index is 432. The van der Waals surface area contributed by atoms with Crippen molar-refractivity contribution in [2.45, 2.75) is 32.4 Å². The van der Waals surface area contributed by atoms with Crippen molar-refractivity contribution < 1.29 is 23.8 Å². The zero-order chi connectivity index (χ0) is 13.2. The Morgan fingerprint density at radius 3 is 2.53 bits per heavy atom. The summed E-state index contributed by atoms with van der Waals surface area (Å²) in [6.07, 6.45) is 0.919. The zero-order valence-electron chi connectivity index (χ0n) is 9.76. The minimum Gasteiger partial charge on any atom is -0.476 e. The number of carboxylic acid groups (broad SMARTS) is 1. The molecular weight excluding hydrogens is 228 g/mol. The monoisotopic (exact) mass is 242 g/mol. The van der Waals surface area contributed by atoms with Gasteiger partial charge in [-0.25, -0.2) is 14.6 Å². The third kappa shape index (κ3) is 3.56. The van der Waals surface area contributed by atoms with Crippen LogP contribution in [-0.4, -0.2) is 27.6 Å². The van der Waals surface area contributed by atoms with Gasteiger partial charge < -0.3 is 20.0 Å². The third-order valence-corrected chi connectivity index (χ3v) is 1.67. The first kappa shape index (κ1) is 13.2. The van der Waals surface area contributed by atoms with Gasteiger partial charge in [0.1, 0.15) is 11.9 Å². The Hall–Kier alpha value is -1.89. The van der Waals surface area contributed by atoms with Crippen LogP contribution in [0.3, 0.4) is 0 Å². The van der Waals surface area contributed by atoms with Gasteiger partial charge in [-0.1, -0.05) is 0 Å². The number of aromatic carboxylic acids is 1. The number of nitrogens with zero attached hydrogens (tertiary/aromatic N) is 1. The molecule has 1 aromatic rings. The highest BCUT2D eigenvalue weighted by Gasteiger charge is 2.27. The number of rotatable bonds is 3. The summed E-state index contributed by atoms with van der Waals surface area (Å²) in [4.78, 5) is 25.7. The Balaban J connectivity index is 2.78. The summed E-state index contributed by atoms with van der Waals surface area (Å²) in [5.74, 6) is -2.16. The summed E-state index contributed by atoms with van der Waals surface area (Å²) >= 11 is 0. The predicted octanol–water partition coefficient (Wildman–Crippen LogP) is 0.714. The number of esters is 1. The Morgan fingerprint density at radius 1 is 1.53 bits per heavy atom. The standard InChI is InChI=1S/C10H14N2O5/c1-10(2,3)17-9(15)6(11)7-12-5(4-16-7)8(13)14/h4,6H,11H2,1-3H3,(H,13,14). The average Bonchev–Trinajstić information content (AvgIpc) is 2.62. The van der Waals surface area contributed by atoms with Gasteiger partial charge in [0.25, 0.3) is 0 Å². The van der Waals surface area contributed by atoms with E-state index in [0.717, 1.165) is 6.26 Å². The molecule has 7 nitrogen and oxygen atoms in total. The van der Waals surface area contributed by atoms with Crippen LogP contribution in [-0.2, 0) is 9.53 Å². The summed E-state index contributed by atoms with van der Waals surface area (Å²) < 4.78 is 9.82. The van der Waals surface area contributed by atoms with Gasteiger partial charge in [0.15, 0.2) is 11.7 Å². The fraction of sp³-hybridized carbons (Fsp3) is 0.500. The molecule has 1 rings (SSSR count). The van der Waals surface area contributed by atoms with Crippen LogP contribution in [0.1, 0.15) is 43.2 Å². The maximum atomic E-state index is 11.5. The van der Waals surface area contributed by atoms with Crippen LogP contribution < -0.4 is 5.73 Å². The highest BCUT2D eigenvalue weighted by Crippen LogP contribution is 2.16. The smallest absolute Gasteiger partial charge is 0.357 e. The quantitative estimate of drug-likeness (QED) is 0.750. The first-order chi connectivity index (χ1) is 7.70. The van der Waals surface area contributed by atoms with Crippen molar-refractivity contribution in [2.75, 3.05) is 0 Å². The first-order valence-corrected chi connectivity index (χ1v) is 4.88. The van der Waals surface area contributed by atoms with Crippen molar-refractivity contribution in [3.05, 3.63) is 17.8 Å². The molecule has 0 amide bonds. The summed E-state index contributed by atoms with van der Waals surface area (Å²) in [5, 5.41) is 8.63. The topological polar surface area (TPSA) is 116 Å². The van der Waals surface area contributed by atoms with Gasteiger partial charge in [0.05, 0.1) is 0 Å². The largest absolute Gasteiger partial charge is 0.476 e. The van der Waals surface area contributed by atoms with Gasteiger partial charge >= 0.3 is 11.9 Å². The number of nitrogens with two attached hydrogens (primary N) is 1. The van der Waals surface area contributed by atoms with E-state index in [9.17, 15) is 9.59 Å². The maximum Gasteiger partial charge on any atom is 0.357 e. The lowest BCUT2D eigenvalue weighted by Gasteiger charge is -2.20. The van der Waals surface area contributed by atoms with E-state index in [1.165, 1.54) is 0 Å². The molecule has 0 saturated carbocycles. The summed E-state index contributed by atoms with van der Waals surface area (Å²) in [6, 6.07) is -1.23. The lowest BCUT2D eigenvalue weighted by molar-refractivity contribution is -0.157. The lowest BCUT2D eigenvalue weighted by atomic mass is 10.2. The van der Waals surface area contributed by atoms with Crippen LogP contribution >= 0.6 is 0 Å². The molecule has 1 atom stereocenters. The maximum absolute atomic E-state index is 11.5. The van der Waals surface area contributed by atoms with Gasteiger partial charge in [-0.2, -0.15) is 0 Å². The molecule has 1 heterocycles. The van der Waals surface area contributed by atoms with E-state index in [2.05, 4.69) is 4.98 Å². The number of carbonyl (C=O) groups is 2. The Morgan fingerprint density at radius 2 is 2.12 bits per heavy atom. The minimum absolute atomic E-state index is 0.184. The predicted molar refractivity (Wildman–Crippen MR) is 56.2 cm³/mol. The highest BCUT2D eigenvalue weighted by atomic mass is 16.6. The molecule has 0 fully saturated rings. The van der Waals surface area contributed by atoms with E-state index in [4.69, 9.17) is 20.0 Å². The molecule has 94 valence electrons. The molecule has 17 heavy (non-hydrogen) atoms. The van der Waals surface area contributed by atoms with E-state index < -0.39 is 23.6 Å². The SMILES string of the molecule is CC(C)(C)OC(=O)C(N)c1nc(C(=O)O)co1. The Kier molecular flexibility index (Phi) is 3.52. The second-order valence-corrected chi connectivity index (χ2v) is 4.39. The second kappa shape index (κ2) is 4.54. The summed E-state index contributed by atoms with van der Waals surface area (Å²) in [6.45, 7) is 5.07. The normalized spacial score (nSPS) is 13.2. The first-order valence-electron chi connectivity index (χ1n) is 4.88. The molecule has 0 saturated heterocycles. The number of aromatic nitrogens is 1. The molecule has 1 unspecified atom stereocenters. The van der Waals surface area contributed by atoms with E-state index >= 15 is 0 Å². The highest BCUT2D eigenvalue weighted by molar-refractivity contribution is 5.85. The van der Waals surface area contributed by atoms with Crippen LogP contribution in [0.2, 0.25) is 0 Å². The van der Waals surface area contributed by atoms with E-state index in [1.807, 2.05) is 0 Å². The van der Waals surface area contributed by atoms with Gasteiger partial charge in [-0.15, -0.1) is 0 Å².